The third-order valence-electron chi connectivity index (χ3n) is 4.27. The maximum absolute atomic E-state index is 13.0. The molecule has 0 saturated heterocycles. The highest BCUT2D eigenvalue weighted by atomic mass is 19.1. The molecule has 6 heteroatoms. The molecule has 0 amide bonds. The third-order valence-corrected chi connectivity index (χ3v) is 4.27. The van der Waals surface area contributed by atoms with E-state index in [0.717, 1.165) is 0 Å². The van der Waals surface area contributed by atoms with Gasteiger partial charge in [-0.15, -0.1) is 0 Å². The van der Waals surface area contributed by atoms with E-state index in [1.165, 1.54) is 18.5 Å². The third kappa shape index (κ3) is 3.69. The Hall–Kier alpha value is -1.95. The minimum Gasteiger partial charge on any atom is -0.490 e. The van der Waals surface area contributed by atoms with Gasteiger partial charge in [0.2, 0.25) is 0 Å². The summed E-state index contributed by atoms with van der Waals surface area (Å²) in [5, 5.41) is 15.6. The van der Waals surface area contributed by atoms with Gasteiger partial charge in [0.15, 0.2) is 0 Å². The predicted molar refractivity (Wildman–Crippen MR) is 85.6 cm³/mol. The van der Waals surface area contributed by atoms with Crippen LogP contribution in [0.3, 0.4) is 0 Å². The summed E-state index contributed by atoms with van der Waals surface area (Å²) in [5.41, 5.74) is -1.64. The van der Waals surface area contributed by atoms with E-state index in [1.807, 2.05) is 27.7 Å². The molecule has 0 spiro atoms. The molecule has 0 aliphatic rings. The van der Waals surface area contributed by atoms with Gasteiger partial charge in [0.1, 0.15) is 36.4 Å². The zero-order chi connectivity index (χ0) is 17.1. The van der Waals surface area contributed by atoms with Crippen LogP contribution in [-0.2, 0) is 0 Å². The minimum absolute atomic E-state index is 0.0699. The molecule has 0 bridgehead atoms. The summed E-state index contributed by atoms with van der Waals surface area (Å²) in [6, 6.07) is 5.48. The number of hydrogen-bond acceptors (Lipinski definition) is 4. The number of ether oxygens (including phenoxy) is 1. The first-order valence-electron chi connectivity index (χ1n) is 7.73. The average molecular weight is 321 g/mol. The molecular weight excluding hydrogens is 297 g/mol. The van der Waals surface area contributed by atoms with Gasteiger partial charge in [-0.05, 0) is 36.1 Å². The lowest BCUT2D eigenvalue weighted by atomic mass is 9.71. The Kier molecular flexibility index (Phi) is 5.04. The SMILES string of the molecule is CCC(n1cncn1)C(O)(COc1ccc(F)cc1)C(C)(C)C. The molecule has 0 saturated carbocycles. The highest BCUT2D eigenvalue weighted by molar-refractivity contribution is 5.22. The Bertz CT molecular complexity index is 608. The van der Waals surface area contributed by atoms with Gasteiger partial charge in [-0.2, -0.15) is 5.10 Å². The summed E-state index contributed by atoms with van der Waals surface area (Å²) in [6.07, 6.45) is 3.72. The molecule has 23 heavy (non-hydrogen) atoms. The van der Waals surface area contributed by atoms with Crippen LogP contribution in [0.4, 0.5) is 4.39 Å². The number of aromatic nitrogens is 3. The standard InChI is InChI=1S/C17H24FN3O2/c1-5-15(21-12-19-11-20-21)17(22,16(2,3)4)10-23-14-8-6-13(18)7-9-14/h6-9,11-12,15,22H,5,10H2,1-4H3. The van der Waals surface area contributed by atoms with Gasteiger partial charge in [-0.1, -0.05) is 27.7 Å². The molecule has 1 heterocycles. The number of aliphatic hydroxyl groups is 1. The van der Waals surface area contributed by atoms with Crippen molar-refractivity contribution in [1.82, 2.24) is 14.8 Å². The van der Waals surface area contributed by atoms with Crippen molar-refractivity contribution in [3.8, 4) is 5.75 Å². The summed E-state index contributed by atoms with van der Waals surface area (Å²) >= 11 is 0. The van der Waals surface area contributed by atoms with E-state index in [4.69, 9.17) is 4.74 Å². The highest BCUT2D eigenvalue weighted by Gasteiger charge is 2.48. The first kappa shape index (κ1) is 17.4. The Labute approximate surface area is 136 Å². The fourth-order valence-corrected chi connectivity index (χ4v) is 2.66. The molecule has 1 aromatic heterocycles. The highest BCUT2D eigenvalue weighted by Crippen LogP contribution is 2.41. The lowest BCUT2D eigenvalue weighted by Gasteiger charge is -2.45. The lowest BCUT2D eigenvalue weighted by Crippen LogP contribution is -2.54. The summed E-state index contributed by atoms with van der Waals surface area (Å²) in [4.78, 5) is 3.97. The molecule has 1 aromatic carbocycles. The summed E-state index contributed by atoms with van der Waals surface area (Å²) < 4.78 is 20.4. The molecule has 0 radical (unpaired) electrons. The van der Waals surface area contributed by atoms with Gasteiger partial charge in [0, 0.05) is 0 Å². The second-order valence-corrected chi connectivity index (χ2v) is 6.72. The van der Waals surface area contributed by atoms with Crippen LogP contribution in [-0.4, -0.2) is 32.1 Å². The van der Waals surface area contributed by atoms with Gasteiger partial charge >= 0.3 is 0 Å². The molecule has 2 atom stereocenters. The minimum atomic E-state index is -1.18. The van der Waals surface area contributed by atoms with Crippen LogP contribution in [0.5, 0.6) is 5.75 Å². The first-order chi connectivity index (χ1) is 10.8. The Balaban J connectivity index is 2.26. The van der Waals surface area contributed by atoms with Crippen LogP contribution in [0.1, 0.15) is 40.2 Å². The zero-order valence-electron chi connectivity index (χ0n) is 14.0. The largest absolute Gasteiger partial charge is 0.490 e. The average Bonchev–Trinajstić information content (AvgIpc) is 3.00. The smallest absolute Gasteiger partial charge is 0.137 e. The number of nitrogens with zero attached hydrogens (tertiary/aromatic N) is 3. The van der Waals surface area contributed by atoms with Gasteiger partial charge in [0.25, 0.3) is 0 Å². The number of hydrogen-bond donors (Lipinski definition) is 1. The molecule has 0 fully saturated rings. The normalized spacial score (nSPS) is 15.9. The Morgan fingerprint density at radius 2 is 1.91 bits per heavy atom. The van der Waals surface area contributed by atoms with Crippen molar-refractivity contribution in [3.05, 3.63) is 42.7 Å². The molecule has 5 nitrogen and oxygen atoms in total. The van der Waals surface area contributed by atoms with Crippen molar-refractivity contribution in [1.29, 1.82) is 0 Å². The van der Waals surface area contributed by atoms with Crippen molar-refractivity contribution < 1.29 is 14.2 Å². The van der Waals surface area contributed by atoms with Crippen molar-refractivity contribution in [2.45, 2.75) is 45.8 Å². The molecule has 0 aliphatic heterocycles. The molecule has 126 valence electrons. The van der Waals surface area contributed by atoms with E-state index in [-0.39, 0.29) is 18.5 Å². The summed E-state index contributed by atoms with van der Waals surface area (Å²) in [5.74, 6) is 0.194. The van der Waals surface area contributed by atoms with Gasteiger partial charge < -0.3 is 9.84 Å². The topological polar surface area (TPSA) is 60.2 Å². The van der Waals surface area contributed by atoms with Crippen molar-refractivity contribution in [2.75, 3.05) is 6.61 Å². The molecule has 2 unspecified atom stereocenters. The van der Waals surface area contributed by atoms with Crippen LogP contribution in [0.2, 0.25) is 0 Å². The number of rotatable bonds is 6. The van der Waals surface area contributed by atoms with E-state index in [1.54, 1.807) is 23.1 Å². The molecule has 1 N–H and O–H groups in total. The fourth-order valence-electron chi connectivity index (χ4n) is 2.66. The van der Waals surface area contributed by atoms with Gasteiger partial charge in [-0.25, -0.2) is 14.1 Å². The molecular formula is C17H24FN3O2. The summed E-state index contributed by atoms with van der Waals surface area (Å²) in [6.45, 7) is 7.93. The van der Waals surface area contributed by atoms with Gasteiger partial charge in [-0.3, -0.25) is 0 Å². The Morgan fingerprint density at radius 3 is 2.39 bits per heavy atom. The monoisotopic (exact) mass is 321 g/mol. The maximum atomic E-state index is 13.0. The van der Waals surface area contributed by atoms with Crippen molar-refractivity contribution in [3.63, 3.8) is 0 Å². The van der Waals surface area contributed by atoms with Gasteiger partial charge in [0.05, 0.1) is 6.04 Å². The summed E-state index contributed by atoms with van der Waals surface area (Å²) in [7, 11) is 0. The predicted octanol–water partition coefficient (Wildman–Crippen LogP) is 3.22. The first-order valence-corrected chi connectivity index (χ1v) is 7.73. The quantitative estimate of drug-likeness (QED) is 0.887. The number of benzene rings is 1. The van der Waals surface area contributed by atoms with Crippen LogP contribution >= 0.6 is 0 Å². The molecule has 0 aliphatic carbocycles. The molecule has 2 rings (SSSR count). The van der Waals surface area contributed by atoms with E-state index < -0.39 is 11.0 Å². The van der Waals surface area contributed by atoms with Crippen LogP contribution < -0.4 is 4.74 Å². The Morgan fingerprint density at radius 1 is 1.26 bits per heavy atom. The van der Waals surface area contributed by atoms with Crippen LogP contribution in [0.25, 0.3) is 0 Å². The van der Waals surface area contributed by atoms with Crippen molar-refractivity contribution >= 4 is 0 Å². The van der Waals surface area contributed by atoms with E-state index >= 15 is 0 Å². The van der Waals surface area contributed by atoms with Crippen LogP contribution in [0.15, 0.2) is 36.9 Å². The number of halogens is 1. The maximum Gasteiger partial charge on any atom is 0.137 e. The fraction of sp³-hybridized carbons (Fsp3) is 0.529. The van der Waals surface area contributed by atoms with Crippen LogP contribution in [0, 0.1) is 11.2 Å². The van der Waals surface area contributed by atoms with E-state index in [9.17, 15) is 9.50 Å². The second-order valence-electron chi connectivity index (χ2n) is 6.72. The molecule has 2 aromatic rings. The second kappa shape index (κ2) is 6.66. The van der Waals surface area contributed by atoms with E-state index in [2.05, 4.69) is 10.1 Å². The van der Waals surface area contributed by atoms with Crippen molar-refractivity contribution in [2.24, 2.45) is 5.41 Å². The van der Waals surface area contributed by atoms with E-state index in [0.29, 0.717) is 12.2 Å². The zero-order valence-corrected chi connectivity index (χ0v) is 14.0. The lowest BCUT2D eigenvalue weighted by molar-refractivity contribution is -0.127.